The molecule has 9 aromatic carbocycles. The zero-order chi connectivity index (χ0) is 25.7. The fourth-order valence-electron chi connectivity index (χ4n) is 7.07. The van der Waals surface area contributed by atoms with Crippen molar-refractivity contribution >= 4 is 64.6 Å². The van der Waals surface area contributed by atoms with Crippen molar-refractivity contribution in [1.29, 1.82) is 0 Å². The summed E-state index contributed by atoms with van der Waals surface area (Å²) in [6, 6.07) is 47.7. The molecule has 9 rings (SSSR count). The number of benzene rings is 9. The third-order valence-corrected chi connectivity index (χ3v) is 8.76. The van der Waals surface area contributed by atoms with E-state index >= 15 is 0 Å². The van der Waals surface area contributed by atoms with Gasteiger partial charge in [-0.2, -0.15) is 0 Å². The third kappa shape index (κ3) is 2.89. The van der Waals surface area contributed by atoms with Crippen LogP contribution < -0.4 is 0 Å². The maximum Gasteiger partial charge on any atom is -0.00206 e. The Morgan fingerprint density at radius 1 is 0.333 bits per heavy atom. The average Bonchev–Trinajstić information content (AvgIpc) is 2.98. The van der Waals surface area contributed by atoms with E-state index in [9.17, 15) is 0 Å². The number of hydrogen-bond acceptors (Lipinski definition) is 0. The third-order valence-electron chi connectivity index (χ3n) is 8.76. The Kier molecular flexibility index (Phi) is 4.08. The summed E-state index contributed by atoms with van der Waals surface area (Å²) in [5.74, 6) is 0. The second-order valence-corrected chi connectivity index (χ2v) is 11.0. The Balaban J connectivity index is 1.32. The highest BCUT2D eigenvalue weighted by molar-refractivity contribution is 6.27. The molecule has 0 saturated heterocycles. The molecule has 0 heterocycles. The highest BCUT2D eigenvalue weighted by Gasteiger charge is 2.15. The molecule has 0 N–H and O–H groups in total. The lowest BCUT2D eigenvalue weighted by Crippen LogP contribution is -1.90. The van der Waals surface area contributed by atoms with Crippen LogP contribution in [-0.4, -0.2) is 0 Å². The Morgan fingerprint density at radius 2 is 0.692 bits per heavy atom. The molecule has 0 radical (unpaired) electrons. The molecule has 0 amide bonds. The Morgan fingerprint density at radius 3 is 1.13 bits per heavy atom. The minimum Gasteiger partial charge on any atom is -0.0610 e. The van der Waals surface area contributed by atoms with Gasteiger partial charge in [0.1, 0.15) is 0 Å². The van der Waals surface area contributed by atoms with Crippen LogP contribution in [0.1, 0.15) is 5.56 Å². The highest BCUT2D eigenvalue weighted by Crippen LogP contribution is 2.42. The van der Waals surface area contributed by atoms with Gasteiger partial charge in [0.05, 0.1) is 0 Å². The molecule has 180 valence electrons. The SMILES string of the molecule is Cc1cc(-c2ccc3ccc4cccc5ccc2c3c45)cc(-c2ccc3ccc4cccc5ccc2c3c45)c1. The van der Waals surface area contributed by atoms with Crippen molar-refractivity contribution < 1.29 is 0 Å². The van der Waals surface area contributed by atoms with Gasteiger partial charge in [0, 0.05) is 0 Å². The van der Waals surface area contributed by atoms with Crippen molar-refractivity contribution in [2.75, 3.05) is 0 Å². The lowest BCUT2D eigenvalue weighted by Gasteiger charge is -2.17. The largest absolute Gasteiger partial charge is 0.0610 e. The average molecular weight is 493 g/mol. The van der Waals surface area contributed by atoms with Crippen molar-refractivity contribution in [1.82, 2.24) is 0 Å². The van der Waals surface area contributed by atoms with Gasteiger partial charge < -0.3 is 0 Å². The molecule has 0 nitrogen and oxygen atoms in total. The summed E-state index contributed by atoms with van der Waals surface area (Å²) in [7, 11) is 0. The van der Waals surface area contributed by atoms with Gasteiger partial charge in [-0.1, -0.05) is 121 Å². The maximum atomic E-state index is 2.39. The van der Waals surface area contributed by atoms with E-state index in [4.69, 9.17) is 0 Å². The van der Waals surface area contributed by atoms with Gasteiger partial charge in [-0.25, -0.2) is 0 Å². The highest BCUT2D eigenvalue weighted by atomic mass is 14.2. The van der Waals surface area contributed by atoms with Crippen LogP contribution in [0.3, 0.4) is 0 Å². The smallest absolute Gasteiger partial charge is 0.00206 e. The van der Waals surface area contributed by atoms with E-state index in [1.165, 1.54) is 92.5 Å². The molecular weight excluding hydrogens is 468 g/mol. The molecule has 0 aliphatic heterocycles. The zero-order valence-electron chi connectivity index (χ0n) is 21.6. The molecule has 0 aliphatic rings. The Bertz CT molecular complexity index is 2190. The first-order valence-corrected chi connectivity index (χ1v) is 13.7. The zero-order valence-corrected chi connectivity index (χ0v) is 21.6. The first kappa shape index (κ1) is 21.0. The summed E-state index contributed by atoms with van der Waals surface area (Å²) in [4.78, 5) is 0. The van der Waals surface area contributed by atoms with Crippen molar-refractivity contribution in [2.24, 2.45) is 0 Å². The monoisotopic (exact) mass is 492 g/mol. The van der Waals surface area contributed by atoms with Crippen LogP contribution in [0, 0.1) is 6.92 Å². The standard InChI is InChI=1S/C39H24/c1-23-20-30(32-16-12-28-10-8-24-4-2-6-26-14-18-34(32)38(28)36(24)26)22-31(21-23)33-17-13-29-11-9-25-5-3-7-27-15-19-35(33)39(29)37(25)27/h2-22H,1H3. The van der Waals surface area contributed by atoms with Crippen molar-refractivity contribution in [3.8, 4) is 22.3 Å². The van der Waals surface area contributed by atoms with Gasteiger partial charge in [0.2, 0.25) is 0 Å². The molecule has 0 bridgehead atoms. The first-order valence-electron chi connectivity index (χ1n) is 13.7. The van der Waals surface area contributed by atoms with Gasteiger partial charge >= 0.3 is 0 Å². The normalized spacial score (nSPS) is 12.2. The molecule has 0 unspecified atom stereocenters. The van der Waals surface area contributed by atoms with Crippen molar-refractivity contribution in [2.45, 2.75) is 6.92 Å². The topological polar surface area (TPSA) is 0 Å². The minimum absolute atomic E-state index is 1.27. The van der Waals surface area contributed by atoms with E-state index in [0.717, 1.165) is 0 Å². The van der Waals surface area contributed by atoms with Crippen LogP contribution >= 0.6 is 0 Å². The lowest BCUT2D eigenvalue weighted by atomic mass is 9.87. The minimum atomic E-state index is 1.27. The second kappa shape index (κ2) is 7.56. The van der Waals surface area contributed by atoms with Crippen LogP contribution in [-0.2, 0) is 0 Å². The van der Waals surface area contributed by atoms with Crippen LogP contribution in [0.2, 0.25) is 0 Å². The molecule has 0 heteroatoms. The van der Waals surface area contributed by atoms with Crippen LogP contribution in [0.4, 0.5) is 0 Å². The molecule has 0 aliphatic carbocycles. The fourth-order valence-corrected chi connectivity index (χ4v) is 7.07. The van der Waals surface area contributed by atoms with Gasteiger partial charge in [-0.05, 0) is 105 Å². The molecule has 9 aromatic rings. The summed E-state index contributed by atoms with van der Waals surface area (Å²) in [5, 5.41) is 16.0. The van der Waals surface area contributed by atoms with Gasteiger partial charge in [0.15, 0.2) is 0 Å². The van der Waals surface area contributed by atoms with E-state index in [1.54, 1.807) is 0 Å². The first-order chi connectivity index (χ1) is 19.2. The Hall–Kier alpha value is -4.94. The molecular formula is C39H24. The Labute approximate surface area is 226 Å². The number of aryl methyl sites for hydroxylation is 1. The van der Waals surface area contributed by atoms with Gasteiger partial charge in [-0.3, -0.25) is 0 Å². The number of rotatable bonds is 2. The lowest BCUT2D eigenvalue weighted by molar-refractivity contribution is 1.47. The van der Waals surface area contributed by atoms with Crippen LogP contribution in [0.25, 0.3) is 86.9 Å². The van der Waals surface area contributed by atoms with E-state index in [2.05, 4.69) is 134 Å². The summed E-state index contributed by atoms with van der Waals surface area (Å²) in [6.45, 7) is 2.22. The number of hydrogen-bond donors (Lipinski definition) is 0. The molecule has 0 spiro atoms. The van der Waals surface area contributed by atoms with Crippen molar-refractivity contribution in [3.63, 3.8) is 0 Å². The summed E-state index contributed by atoms with van der Waals surface area (Å²) >= 11 is 0. The van der Waals surface area contributed by atoms with Crippen molar-refractivity contribution in [3.05, 3.63) is 133 Å². The van der Waals surface area contributed by atoms with E-state index in [-0.39, 0.29) is 0 Å². The predicted molar refractivity (Wildman–Crippen MR) is 169 cm³/mol. The van der Waals surface area contributed by atoms with Gasteiger partial charge in [0.25, 0.3) is 0 Å². The van der Waals surface area contributed by atoms with Crippen LogP contribution in [0.5, 0.6) is 0 Å². The second-order valence-electron chi connectivity index (χ2n) is 11.0. The molecule has 39 heavy (non-hydrogen) atoms. The quantitative estimate of drug-likeness (QED) is 0.211. The summed E-state index contributed by atoms with van der Waals surface area (Å²) in [6.07, 6.45) is 0. The molecule has 0 atom stereocenters. The van der Waals surface area contributed by atoms with Gasteiger partial charge in [-0.15, -0.1) is 0 Å². The summed E-state index contributed by atoms with van der Waals surface area (Å²) < 4.78 is 0. The van der Waals surface area contributed by atoms with E-state index < -0.39 is 0 Å². The predicted octanol–water partition coefficient (Wildman–Crippen LogP) is 11.1. The fraction of sp³-hybridized carbons (Fsp3) is 0.0256. The summed E-state index contributed by atoms with van der Waals surface area (Å²) in [5.41, 5.74) is 6.41. The van der Waals surface area contributed by atoms with E-state index in [0.29, 0.717) is 0 Å². The molecule has 0 saturated carbocycles. The van der Waals surface area contributed by atoms with Crippen LogP contribution in [0.15, 0.2) is 127 Å². The molecule has 0 fully saturated rings. The molecule has 0 aromatic heterocycles. The maximum absolute atomic E-state index is 2.39. The van der Waals surface area contributed by atoms with E-state index in [1.807, 2.05) is 0 Å².